The smallest absolute Gasteiger partial charge is 0.416 e. The van der Waals surface area contributed by atoms with Crippen LogP contribution in [0.15, 0.2) is 24.3 Å². The Kier molecular flexibility index (Phi) is 6.02. The lowest BCUT2D eigenvalue weighted by molar-refractivity contribution is -0.137. The molecule has 1 aromatic heterocycles. The number of hydrogen-bond donors (Lipinski definition) is 3. The molecule has 0 saturated heterocycles. The van der Waals surface area contributed by atoms with Crippen molar-refractivity contribution in [1.82, 2.24) is 9.97 Å². The first-order chi connectivity index (χ1) is 12.7. The van der Waals surface area contributed by atoms with E-state index < -0.39 is 17.6 Å². The summed E-state index contributed by atoms with van der Waals surface area (Å²) in [6.07, 6.45) is -4.59. The highest BCUT2D eigenvalue weighted by atomic mass is 19.4. The summed E-state index contributed by atoms with van der Waals surface area (Å²) in [5.74, 6) is -0.564. The number of hydrogen-bond acceptors (Lipinski definition) is 7. The average Bonchev–Trinajstić information content (AvgIpc) is 2.60. The maximum atomic E-state index is 12.7. The lowest BCUT2D eigenvalue weighted by atomic mass is 10.2. The van der Waals surface area contributed by atoms with Gasteiger partial charge < -0.3 is 21.1 Å². The first-order valence-corrected chi connectivity index (χ1v) is 7.57. The average molecular weight is 380 g/mol. The van der Waals surface area contributed by atoms with Gasteiger partial charge in [-0.15, -0.1) is 0 Å². The van der Waals surface area contributed by atoms with Crippen molar-refractivity contribution in [2.75, 3.05) is 30.0 Å². The normalized spacial score (nSPS) is 10.8. The summed E-state index contributed by atoms with van der Waals surface area (Å²) < 4.78 is 43.0. The van der Waals surface area contributed by atoms with Crippen molar-refractivity contribution in [1.29, 1.82) is 5.26 Å². The molecule has 142 valence electrons. The van der Waals surface area contributed by atoms with E-state index in [1.807, 2.05) is 6.07 Å². The third-order valence-electron chi connectivity index (χ3n) is 3.32. The molecule has 11 heteroatoms. The molecular weight excluding hydrogens is 365 g/mol. The topological polar surface area (TPSA) is 126 Å². The number of aromatic nitrogens is 2. The summed E-state index contributed by atoms with van der Waals surface area (Å²) in [5.41, 5.74) is 4.70. The number of benzene rings is 1. The van der Waals surface area contributed by atoms with Crippen molar-refractivity contribution < 1.29 is 22.7 Å². The third kappa shape index (κ3) is 5.21. The molecule has 0 aliphatic carbocycles. The van der Waals surface area contributed by atoms with Crippen LogP contribution in [0.2, 0.25) is 0 Å². The number of ether oxygens (including phenoxy) is 1. The highest BCUT2D eigenvalue weighted by Gasteiger charge is 2.30. The summed E-state index contributed by atoms with van der Waals surface area (Å²) in [6.45, 7) is 0.0546. The van der Waals surface area contributed by atoms with Gasteiger partial charge in [0.1, 0.15) is 6.07 Å². The number of nitrogens with one attached hydrogen (secondary N) is 2. The molecule has 0 bridgehead atoms. The van der Waals surface area contributed by atoms with Gasteiger partial charge in [0.15, 0.2) is 11.4 Å². The zero-order chi connectivity index (χ0) is 20.0. The SMILES string of the molecule is COc1nc(N)nc(NCCC(=O)Nc2cccc(C(F)(F)F)c2)c1C#N. The van der Waals surface area contributed by atoms with Gasteiger partial charge in [-0.3, -0.25) is 4.79 Å². The number of halogens is 3. The van der Waals surface area contributed by atoms with Crippen molar-refractivity contribution in [2.24, 2.45) is 0 Å². The van der Waals surface area contributed by atoms with E-state index in [1.54, 1.807) is 0 Å². The number of methoxy groups -OCH3 is 1. The second kappa shape index (κ2) is 8.22. The molecule has 1 aromatic carbocycles. The van der Waals surface area contributed by atoms with Crippen molar-refractivity contribution >= 4 is 23.4 Å². The number of amides is 1. The van der Waals surface area contributed by atoms with Crippen molar-refractivity contribution in [2.45, 2.75) is 12.6 Å². The first-order valence-electron chi connectivity index (χ1n) is 7.57. The molecule has 2 aromatic rings. The van der Waals surface area contributed by atoms with Crippen molar-refractivity contribution in [3.63, 3.8) is 0 Å². The van der Waals surface area contributed by atoms with Gasteiger partial charge in [-0.05, 0) is 18.2 Å². The zero-order valence-electron chi connectivity index (χ0n) is 14.1. The highest BCUT2D eigenvalue weighted by Crippen LogP contribution is 2.30. The van der Waals surface area contributed by atoms with Gasteiger partial charge >= 0.3 is 6.18 Å². The van der Waals surface area contributed by atoms with Crippen molar-refractivity contribution in [3.05, 3.63) is 35.4 Å². The molecule has 0 aliphatic rings. The van der Waals surface area contributed by atoms with Crippen LogP contribution in [0.3, 0.4) is 0 Å². The molecule has 0 saturated carbocycles. The van der Waals surface area contributed by atoms with Crippen LogP contribution in [0, 0.1) is 11.3 Å². The molecule has 1 amide bonds. The Balaban J connectivity index is 1.98. The Labute approximate surface area is 152 Å². The second-order valence-electron chi connectivity index (χ2n) is 5.23. The number of carbonyl (C=O) groups is 1. The number of carbonyl (C=O) groups excluding carboxylic acids is 1. The Bertz CT molecular complexity index is 879. The predicted molar refractivity (Wildman–Crippen MR) is 90.9 cm³/mol. The van der Waals surface area contributed by atoms with E-state index in [1.165, 1.54) is 19.2 Å². The Hall–Kier alpha value is -3.55. The van der Waals surface area contributed by atoms with Gasteiger partial charge in [-0.2, -0.15) is 28.4 Å². The minimum Gasteiger partial charge on any atom is -0.480 e. The molecule has 0 aliphatic heterocycles. The van der Waals surface area contributed by atoms with E-state index in [0.717, 1.165) is 12.1 Å². The van der Waals surface area contributed by atoms with Crippen LogP contribution in [-0.2, 0) is 11.0 Å². The molecule has 0 radical (unpaired) electrons. The summed E-state index contributed by atoms with van der Waals surface area (Å²) in [7, 11) is 1.31. The third-order valence-corrected chi connectivity index (χ3v) is 3.32. The lowest BCUT2D eigenvalue weighted by Gasteiger charge is -2.11. The highest BCUT2D eigenvalue weighted by molar-refractivity contribution is 5.91. The summed E-state index contributed by atoms with van der Waals surface area (Å²) in [4.78, 5) is 19.6. The van der Waals surface area contributed by atoms with E-state index in [9.17, 15) is 18.0 Å². The fraction of sp³-hybridized carbons (Fsp3) is 0.250. The van der Waals surface area contributed by atoms with E-state index >= 15 is 0 Å². The number of anilines is 3. The number of nitrogens with two attached hydrogens (primary N) is 1. The number of nitrogen functional groups attached to an aromatic ring is 1. The number of alkyl halides is 3. The summed E-state index contributed by atoms with van der Waals surface area (Å²) in [6, 6.07) is 6.17. The molecule has 4 N–H and O–H groups in total. The summed E-state index contributed by atoms with van der Waals surface area (Å²) in [5, 5.41) is 14.3. The Morgan fingerprint density at radius 1 is 1.37 bits per heavy atom. The van der Waals surface area contributed by atoms with Gasteiger partial charge in [-0.25, -0.2) is 0 Å². The van der Waals surface area contributed by atoms with Gasteiger partial charge in [-0.1, -0.05) is 6.07 Å². The maximum absolute atomic E-state index is 12.7. The van der Waals surface area contributed by atoms with Gasteiger partial charge in [0.2, 0.25) is 17.7 Å². The minimum atomic E-state index is -4.50. The van der Waals surface area contributed by atoms with Crippen LogP contribution in [0.25, 0.3) is 0 Å². The van der Waals surface area contributed by atoms with Crippen LogP contribution in [0.1, 0.15) is 17.5 Å². The minimum absolute atomic E-state index is 0.0130. The largest absolute Gasteiger partial charge is 0.480 e. The number of nitrogens with zero attached hydrogens (tertiary/aromatic N) is 3. The second-order valence-corrected chi connectivity index (χ2v) is 5.23. The number of rotatable bonds is 6. The van der Waals surface area contributed by atoms with Gasteiger partial charge in [0.05, 0.1) is 12.7 Å². The lowest BCUT2D eigenvalue weighted by Crippen LogP contribution is -2.18. The van der Waals surface area contributed by atoms with Crippen LogP contribution < -0.4 is 21.1 Å². The molecule has 0 unspecified atom stereocenters. The number of nitriles is 1. The Morgan fingerprint density at radius 3 is 2.74 bits per heavy atom. The molecule has 0 spiro atoms. The van der Waals surface area contributed by atoms with Gasteiger partial charge in [0, 0.05) is 18.7 Å². The van der Waals surface area contributed by atoms with Crippen LogP contribution >= 0.6 is 0 Å². The predicted octanol–water partition coefficient (Wildman–Crippen LogP) is 2.40. The fourth-order valence-electron chi connectivity index (χ4n) is 2.12. The molecule has 2 rings (SSSR count). The molecule has 0 fully saturated rings. The van der Waals surface area contributed by atoms with E-state index in [-0.39, 0.29) is 41.9 Å². The maximum Gasteiger partial charge on any atom is 0.416 e. The molecule has 0 atom stereocenters. The monoisotopic (exact) mass is 380 g/mol. The quantitative estimate of drug-likeness (QED) is 0.702. The molecule has 27 heavy (non-hydrogen) atoms. The first kappa shape index (κ1) is 19.8. The standard InChI is InChI=1S/C16H15F3N6O2/c1-27-14-11(8-20)13(24-15(21)25-14)22-6-5-12(26)23-10-4-2-3-9(7-10)16(17,18)19/h2-4,7H,5-6H2,1H3,(H,23,26)(H3,21,22,24,25). The molecule has 8 nitrogen and oxygen atoms in total. The Morgan fingerprint density at radius 2 is 2.11 bits per heavy atom. The van der Waals surface area contributed by atoms with Crippen LogP contribution in [-0.4, -0.2) is 29.5 Å². The van der Waals surface area contributed by atoms with Crippen molar-refractivity contribution in [3.8, 4) is 11.9 Å². The van der Waals surface area contributed by atoms with Crippen LogP contribution in [0.4, 0.5) is 30.6 Å². The zero-order valence-corrected chi connectivity index (χ0v) is 14.1. The van der Waals surface area contributed by atoms with E-state index in [2.05, 4.69) is 20.6 Å². The van der Waals surface area contributed by atoms with E-state index in [0.29, 0.717) is 0 Å². The van der Waals surface area contributed by atoms with Crippen LogP contribution in [0.5, 0.6) is 5.88 Å². The fourth-order valence-corrected chi connectivity index (χ4v) is 2.12. The van der Waals surface area contributed by atoms with Gasteiger partial charge in [0.25, 0.3) is 0 Å². The molecular formula is C16H15F3N6O2. The van der Waals surface area contributed by atoms with E-state index in [4.69, 9.17) is 15.7 Å². The summed E-state index contributed by atoms with van der Waals surface area (Å²) >= 11 is 0. The molecule has 1 heterocycles.